The van der Waals surface area contributed by atoms with Gasteiger partial charge < -0.3 is 14.2 Å². The highest BCUT2D eigenvalue weighted by atomic mass is 35.5. The summed E-state index contributed by atoms with van der Waals surface area (Å²) in [5.41, 5.74) is 1.75. The van der Waals surface area contributed by atoms with Crippen LogP contribution in [-0.2, 0) is 11.4 Å². The third-order valence-corrected chi connectivity index (χ3v) is 6.22. The quantitative estimate of drug-likeness (QED) is 0.337. The molecule has 1 saturated heterocycles. The van der Waals surface area contributed by atoms with Gasteiger partial charge in [0.15, 0.2) is 11.5 Å². The molecule has 0 bridgehead atoms. The summed E-state index contributed by atoms with van der Waals surface area (Å²) in [6, 6.07) is 22.2. The maximum absolute atomic E-state index is 12.8. The molecule has 0 aromatic heterocycles. The van der Waals surface area contributed by atoms with Crippen molar-refractivity contribution in [2.75, 3.05) is 20.3 Å². The number of methoxy groups -OCH3 is 1. The second-order valence-corrected chi connectivity index (χ2v) is 8.70. The Morgan fingerprint density at radius 2 is 1.68 bits per heavy atom. The average molecular weight is 496 g/mol. The number of carbonyl (C=O) groups is 2. The van der Waals surface area contributed by atoms with Crippen LogP contribution in [0.1, 0.15) is 11.1 Å². The fraction of sp³-hybridized carbons (Fsp3) is 0.154. The molecule has 1 aliphatic rings. The fourth-order valence-electron chi connectivity index (χ4n) is 3.28. The molecule has 0 saturated carbocycles. The fourth-order valence-corrected chi connectivity index (χ4v) is 4.34. The Bertz CT molecular complexity index is 1210. The standard InChI is InChI=1S/C26H22ClNO5S/c1-31-22-12-11-19(15-23(22)33-17-18-7-3-2-4-8-18)16-24-25(29)28(26(30)34-24)13-14-32-21-10-6-5-9-20(21)27/h2-12,15-16H,13-14,17H2,1H3/b24-16-. The number of ether oxygens (including phenoxy) is 3. The number of thioether (sulfide) groups is 1. The average Bonchev–Trinajstić information content (AvgIpc) is 3.12. The number of nitrogens with zero attached hydrogens (tertiary/aromatic N) is 1. The Morgan fingerprint density at radius 3 is 2.44 bits per heavy atom. The van der Waals surface area contributed by atoms with E-state index in [4.69, 9.17) is 25.8 Å². The SMILES string of the molecule is COc1ccc(/C=C2\SC(=O)N(CCOc3ccccc3Cl)C2=O)cc1OCc1ccccc1. The van der Waals surface area contributed by atoms with Crippen molar-refractivity contribution < 1.29 is 23.8 Å². The zero-order chi connectivity index (χ0) is 23.9. The molecule has 3 aromatic rings. The van der Waals surface area contributed by atoms with Gasteiger partial charge in [-0.1, -0.05) is 60.1 Å². The van der Waals surface area contributed by atoms with E-state index in [1.54, 1.807) is 49.6 Å². The molecular weight excluding hydrogens is 474 g/mol. The Morgan fingerprint density at radius 1 is 0.912 bits per heavy atom. The molecule has 0 N–H and O–H groups in total. The summed E-state index contributed by atoms with van der Waals surface area (Å²) in [4.78, 5) is 26.8. The zero-order valence-corrected chi connectivity index (χ0v) is 20.0. The number of carbonyl (C=O) groups excluding carboxylic acids is 2. The third-order valence-electron chi connectivity index (χ3n) is 5.01. The van der Waals surface area contributed by atoms with Crippen molar-refractivity contribution in [2.45, 2.75) is 6.61 Å². The first-order chi connectivity index (χ1) is 16.5. The van der Waals surface area contributed by atoms with Crippen LogP contribution in [0.2, 0.25) is 5.02 Å². The maximum atomic E-state index is 12.8. The molecule has 1 aliphatic heterocycles. The van der Waals surface area contributed by atoms with Gasteiger partial charge in [-0.2, -0.15) is 0 Å². The van der Waals surface area contributed by atoms with E-state index in [1.807, 2.05) is 36.4 Å². The minimum absolute atomic E-state index is 0.126. The van der Waals surface area contributed by atoms with E-state index in [0.717, 1.165) is 22.9 Å². The van der Waals surface area contributed by atoms with Gasteiger partial charge in [0.1, 0.15) is 19.0 Å². The van der Waals surface area contributed by atoms with Crippen LogP contribution in [-0.4, -0.2) is 36.3 Å². The molecule has 174 valence electrons. The minimum atomic E-state index is -0.361. The van der Waals surface area contributed by atoms with E-state index < -0.39 is 0 Å². The number of amides is 2. The van der Waals surface area contributed by atoms with Gasteiger partial charge >= 0.3 is 0 Å². The first-order valence-corrected chi connectivity index (χ1v) is 11.7. The second kappa shape index (κ2) is 11.1. The van der Waals surface area contributed by atoms with E-state index in [9.17, 15) is 9.59 Å². The first kappa shape index (κ1) is 23.7. The lowest BCUT2D eigenvalue weighted by Gasteiger charge is -2.14. The van der Waals surface area contributed by atoms with Gasteiger partial charge in [0.25, 0.3) is 11.1 Å². The van der Waals surface area contributed by atoms with Gasteiger partial charge in [0.05, 0.1) is 23.6 Å². The van der Waals surface area contributed by atoms with Crippen molar-refractivity contribution in [3.8, 4) is 17.2 Å². The summed E-state index contributed by atoms with van der Waals surface area (Å²) in [6.45, 7) is 0.652. The van der Waals surface area contributed by atoms with E-state index in [2.05, 4.69) is 0 Å². The molecule has 6 nitrogen and oxygen atoms in total. The normalized spacial score (nSPS) is 14.5. The summed E-state index contributed by atoms with van der Waals surface area (Å²) < 4.78 is 17.0. The summed E-state index contributed by atoms with van der Waals surface area (Å²) in [7, 11) is 1.57. The van der Waals surface area contributed by atoms with Crippen LogP contribution in [0.25, 0.3) is 6.08 Å². The van der Waals surface area contributed by atoms with Crippen molar-refractivity contribution in [1.29, 1.82) is 0 Å². The van der Waals surface area contributed by atoms with Crippen LogP contribution >= 0.6 is 23.4 Å². The molecule has 2 amide bonds. The predicted octanol–water partition coefficient (Wildman–Crippen LogP) is 6.04. The summed E-state index contributed by atoms with van der Waals surface area (Å²) in [5, 5.41) is 0.134. The van der Waals surface area contributed by atoms with Crippen LogP contribution < -0.4 is 14.2 Å². The van der Waals surface area contributed by atoms with E-state index >= 15 is 0 Å². The molecule has 34 heavy (non-hydrogen) atoms. The Kier molecular flexibility index (Phi) is 7.77. The highest BCUT2D eigenvalue weighted by Gasteiger charge is 2.34. The number of hydrogen-bond acceptors (Lipinski definition) is 6. The van der Waals surface area contributed by atoms with Crippen LogP contribution in [0.15, 0.2) is 77.7 Å². The van der Waals surface area contributed by atoms with Crippen LogP contribution in [0, 0.1) is 0 Å². The van der Waals surface area contributed by atoms with E-state index in [1.165, 1.54) is 4.90 Å². The molecule has 1 heterocycles. The van der Waals surface area contributed by atoms with Gasteiger partial charge in [-0.3, -0.25) is 14.5 Å². The molecule has 4 rings (SSSR count). The van der Waals surface area contributed by atoms with Gasteiger partial charge in [0.2, 0.25) is 0 Å². The van der Waals surface area contributed by atoms with Gasteiger partial charge in [-0.05, 0) is 53.2 Å². The smallest absolute Gasteiger partial charge is 0.293 e. The summed E-state index contributed by atoms with van der Waals surface area (Å²) >= 11 is 6.97. The molecule has 0 spiro atoms. The molecule has 0 unspecified atom stereocenters. The van der Waals surface area contributed by atoms with Crippen LogP contribution in [0.4, 0.5) is 4.79 Å². The molecule has 3 aromatic carbocycles. The monoisotopic (exact) mass is 495 g/mol. The zero-order valence-electron chi connectivity index (χ0n) is 18.4. The molecule has 1 fully saturated rings. The number of hydrogen-bond donors (Lipinski definition) is 0. The topological polar surface area (TPSA) is 65.1 Å². The van der Waals surface area contributed by atoms with Crippen LogP contribution in [0.5, 0.6) is 17.2 Å². The van der Waals surface area contributed by atoms with E-state index in [0.29, 0.717) is 33.8 Å². The van der Waals surface area contributed by atoms with E-state index in [-0.39, 0.29) is 24.3 Å². The largest absolute Gasteiger partial charge is 0.493 e. The Hall–Kier alpha value is -3.42. The lowest BCUT2D eigenvalue weighted by molar-refractivity contribution is -0.123. The Balaban J connectivity index is 1.43. The second-order valence-electron chi connectivity index (χ2n) is 7.30. The number of para-hydroxylation sites is 1. The van der Waals surface area contributed by atoms with Crippen molar-refractivity contribution in [1.82, 2.24) is 4.90 Å². The number of halogens is 1. The minimum Gasteiger partial charge on any atom is -0.493 e. The summed E-state index contributed by atoms with van der Waals surface area (Å²) in [6.07, 6.45) is 1.68. The Labute approximate surface area is 207 Å². The van der Waals surface area contributed by atoms with Gasteiger partial charge in [0, 0.05) is 0 Å². The lowest BCUT2D eigenvalue weighted by atomic mass is 10.1. The van der Waals surface area contributed by atoms with Crippen molar-refractivity contribution in [2.24, 2.45) is 0 Å². The highest BCUT2D eigenvalue weighted by molar-refractivity contribution is 8.18. The molecule has 8 heteroatoms. The number of rotatable bonds is 9. The van der Waals surface area contributed by atoms with Crippen molar-refractivity contribution in [3.05, 3.63) is 93.9 Å². The molecule has 0 atom stereocenters. The number of benzene rings is 3. The number of imide groups is 1. The van der Waals surface area contributed by atoms with Crippen LogP contribution in [0.3, 0.4) is 0 Å². The molecule has 0 aliphatic carbocycles. The lowest BCUT2D eigenvalue weighted by Crippen LogP contribution is -2.32. The predicted molar refractivity (Wildman–Crippen MR) is 133 cm³/mol. The van der Waals surface area contributed by atoms with Crippen molar-refractivity contribution in [3.63, 3.8) is 0 Å². The van der Waals surface area contributed by atoms with Crippen molar-refractivity contribution >= 4 is 40.6 Å². The summed E-state index contributed by atoms with van der Waals surface area (Å²) in [5.74, 6) is 1.28. The molecule has 0 radical (unpaired) electrons. The maximum Gasteiger partial charge on any atom is 0.293 e. The van der Waals surface area contributed by atoms with Gasteiger partial charge in [-0.15, -0.1) is 0 Å². The third kappa shape index (κ3) is 5.73. The highest BCUT2D eigenvalue weighted by Crippen LogP contribution is 2.35. The molecular formula is C26H22ClNO5S. The van der Waals surface area contributed by atoms with Gasteiger partial charge in [-0.25, -0.2) is 0 Å². The first-order valence-electron chi connectivity index (χ1n) is 10.5.